The number of carbonyl (C=O) groups is 1. The maximum Gasteiger partial charge on any atom is 0.170 e. The van der Waals surface area contributed by atoms with Gasteiger partial charge in [0.15, 0.2) is 5.78 Å². The first kappa shape index (κ1) is 21.2. The number of aliphatic imine (C=N–C) groups is 1. The fourth-order valence-corrected chi connectivity index (χ4v) is 1.89. The van der Waals surface area contributed by atoms with E-state index in [1.54, 1.807) is 40.0 Å². The molecular weight excluding hydrogens is 290 g/mol. The van der Waals surface area contributed by atoms with Gasteiger partial charge < -0.3 is 10.2 Å². The monoisotopic (exact) mass is 319 g/mol. The van der Waals surface area contributed by atoms with Crippen molar-refractivity contribution in [3.63, 3.8) is 0 Å². The van der Waals surface area contributed by atoms with E-state index in [0.717, 1.165) is 16.8 Å². The highest BCUT2D eigenvalue weighted by atomic mass is 16.3. The molecule has 2 rings (SSSR count). The van der Waals surface area contributed by atoms with E-state index in [1.165, 1.54) is 0 Å². The minimum atomic E-state index is -0.184. The van der Waals surface area contributed by atoms with Crippen molar-refractivity contribution in [3.05, 3.63) is 47.7 Å². The van der Waals surface area contributed by atoms with Crippen LogP contribution in [0, 0.1) is 6.92 Å². The summed E-state index contributed by atoms with van der Waals surface area (Å²) in [5.41, 5.74) is 3.07. The molecule has 1 aromatic carbocycles. The van der Waals surface area contributed by atoms with E-state index >= 15 is 0 Å². The molecule has 0 saturated heterocycles. The molecule has 2 N–H and O–H groups in total. The van der Waals surface area contributed by atoms with Crippen LogP contribution in [0.1, 0.15) is 51.7 Å². The van der Waals surface area contributed by atoms with Crippen molar-refractivity contribution in [2.24, 2.45) is 4.99 Å². The third kappa shape index (κ3) is 9.06. The number of allylic oxidation sites excluding steroid dienone is 1. The van der Waals surface area contributed by atoms with E-state index in [9.17, 15) is 4.79 Å². The van der Waals surface area contributed by atoms with Crippen molar-refractivity contribution in [2.75, 3.05) is 0 Å². The van der Waals surface area contributed by atoms with Crippen molar-refractivity contribution < 1.29 is 15.0 Å². The third-order valence-corrected chi connectivity index (χ3v) is 2.72. The summed E-state index contributed by atoms with van der Waals surface area (Å²) in [7, 11) is 0. The Kier molecular flexibility index (Phi) is 10.0. The first-order valence-corrected chi connectivity index (χ1v) is 7.83. The Balaban J connectivity index is 0.000000509. The summed E-state index contributed by atoms with van der Waals surface area (Å²) in [4.78, 5) is 16.0. The van der Waals surface area contributed by atoms with Gasteiger partial charge >= 0.3 is 0 Å². The molecule has 1 aliphatic heterocycles. The molecule has 1 heterocycles. The Bertz CT molecular complexity index is 534. The topological polar surface area (TPSA) is 69.9 Å². The molecule has 0 aromatic heterocycles. The van der Waals surface area contributed by atoms with Crippen LogP contribution in [0.4, 0.5) is 0 Å². The van der Waals surface area contributed by atoms with Crippen LogP contribution in [0.15, 0.2) is 41.5 Å². The molecule has 0 amide bonds. The fourth-order valence-electron chi connectivity index (χ4n) is 1.89. The maximum atomic E-state index is 11.8. The Labute approximate surface area is 139 Å². The second-order valence-electron chi connectivity index (χ2n) is 5.97. The largest absolute Gasteiger partial charge is 0.394 e. The summed E-state index contributed by atoms with van der Waals surface area (Å²) in [6.45, 7) is 10.8. The molecule has 4 heteroatoms. The number of aliphatic hydroxyl groups excluding tert-OH is 2. The second-order valence-corrected chi connectivity index (χ2v) is 5.97. The molecule has 23 heavy (non-hydrogen) atoms. The van der Waals surface area contributed by atoms with E-state index in [1.807, 2.05) is 38.1 Å². The van der Waals surface area contributed by atoms with Crippen LogP contribution in [0.5, 0.6) is 0 Å². The van der Waals surface area contributed by atoms with Crippen LogP contribution >= 0.6 is 0 Å². The maximum absolute atomic E-state index is 11.8. The zero-order valence-electron chi connectivity index (χ0n) is 14.9. The van der Waals surface area contributed by atoms with Gasteiger partial charge in [0.05, 0.1) is 5.92 Å². The smallest absolute Gasteiger partial charge is 0.170 e. The Hall–Kier alpha value is -1.78. The normalized spacial score (nSPS) is 16.3. The zero-order chi connectivity index (χ0) is 18.0. The van der Waals surface area contributed by atoms with Crippen LogP contribution in [-0.4, -0.2) is 33.9 Å². The number of rotatable bonds is 1. The number of benzene rings is 1. The van der Waals surface area contributed by atoms with E-state index < -0.39 is 0 Å². The average molecular weight is 319 g/mol. The standard InChI is InChI=1S/C13H13NO.2C3H8O/c1-9-5-3-4-6-11(9)13-10(2)14-8-7-12(13)15;2*1-3(2)4/h3-8,13H,1-2H3;2*3-4H,1-2H3/t13-;;/m1../s1. The molecule has 1 aromatic rings. The highest BCUT2D eigenvalue weighted by Gasteiger charge is 2.24. The Morgan fingerprint density at radius 3 is 1.91 bits per heavy atom. The highest BCUT2D eigenvalue weighted by molar-refractivity contribution is 6.15. The lowest BCUT2D eigenvalue weighted by Gasteiger charge is -2.18. The van der Waals surface area contributed by atoms with Crippen LogP contribution < -0.4 is 0 Å². The predicted molar refractivity (Wildman–Crippen MR) is 95.9 cm³/mol. The number of hydrogen-bond donors (Lipinski definition) is 2. The van der Waals surface area contributed by atoms with Gasteiger partial charge in [0, 0.05) is 30.2 Å². The van der Waals surface area contributed by atoms with Gasteiger partial charge in [-0.1, -0.05) is 24.3 Å². The number of hydrogen-bond acceptors (Lipinski definition) is 4. The Morgan fingerprint density at radius 1 is 1.00 bits per heavy atom. The quantitative estimate of drug-likeness (QED) is 0.833. The first-order valence-electron chi connectivity index (χ1n) is 7.83. The highest BCUT2D eigenvalue weighted by Crippen LogP contribution is 2.24. The van der Waals surface area contributed by atoms with Crippen LogP contribution in [0.3, 0.4) is 0 Å². The average Bonchev–Trinajstić information content (AvgIpc) is 2.39. The van der Waals surface area contributed by atoms with Gasteiger partial charge in [0.1, 0.15) is 0 Å². The third-order valence-electron chi connectivity index (χ3n) is 2.72. The molecule has 0 saturated carbocycles. The molecular formula is C19H29NO3. The van der Waals surface area contributed by atoms with Crippen LogP contribution in [-0.2, 0) is 4.79 Å². The molecule has 0 aliphatic carbocycles. The molecule has 0 fully saturated rings. The van der Waals surface area contributed by atoms with E-state index in [-0.39, 0.29) is 23.9 Å². The number of nitrogens with zero attached hydrogens (tertiary/aromatic N) is 1. The minimum absolute atomic E-state index is 0.122. The lowest BCUT2D eigenvalue weighted by Crippen LogP contribution is -2.21. The predicted octanol–water partition coefficient (Wildman–Crippen LogP) is 3.41. The van der Waals surface area contributed by atoms with Crippen molar-refractivity contribution in [3.8, 4) is 0 Å². The molecule has 4 nitrogen and oxygen atoms in total. The van der Waals surface area contributed by atoms with E-state index in [2.05, 4.69) is 4.99 Å². The van der Waals surface area contributed by atoms with Gasteiger partial charge in [-0.15, -0.1) is 0 Å². The number of aliphatic hydroxyl groups is 2. The van der Waals surface area contributed by atoms with Crippen molar-refractivity contribution in [1.82, 2.24) is 0 Å². The zero-order valence-corrected chi connectivity index (χ0v) is 14.9. The van der Waals surface area contributed by atoms with Gasteiger partial charge in [0.25, 0.3) is 0 Å². The number of carbonyl (C=O) groups excluding carboxylic acids is 1. The van der Waals surface area contributed by atoms with Crippen molar-refractivity contribution >= 4 is 11.5 Å². The van der Waals surface area contributed by atoms with Crippen molar-refractivity contribution in [2.45, 2.75) is 59.7 Å². The van der Waals surface area contributed by atoms with Crippen molar-refractivity contribution in [1.29, 1.82) is 0 Å². The second kappa shape index (κ2) is 10.9. The molecule has 128 valence electrons. The van der Waals surface area contributed by atoms with Gasteiger partial charge in [0.2, 0.25) is 0 Å². The molecule has 1 aliphatic rings. The summed E-state index contributed by atoms with van der Waals surface area (Å²) in [6, 6.07) is 7.96. The Morgan fingerprint density at radius 2 is 1.48 bits per heavy atom. The molecule has 0 bridgehead atoms. The summed E-state index contributed by atoms with van der Waals surface area (Å²) in [5, 5.41) is 16.1. The van der Waals surface area contributed by atoms with Crippen LogP contribution in [0.25, 0.3) is 0 Å². The first-order chi connectivity index (χ1) is 10.7. The minimum Gasteiger partial charge on any atom is -0.394 e. The summed E-state index contributed by atoms with van der Waals surface area (Å²) >= 11 is 0. The van der Waals surface area contributed by atoms with Gasteiger partial charge in [-0.05, 0) is 52.7 Å². The fraction of sp³-hybridized carbons (Fsp3) is 0.474. The van der Waals surface area contributed by atoms with Crippen LogP contribution in [0.2, 0.25) is 0 Å². The van der Waals surface area contributed by atoms with Gasteiger partial charge in [-0.25, -0.2) is 0 Å². The molecule has 0 unspecified atom stereocenters. The number of aryl methyl sites for hydroxylation is 1. The number of ketones is 1. The lowest BCUT2D eigenvalue weighted by molar-refractivity contribution is -0.114. The van der Waals surface area contributed by atoms with E-state index in [4.69, 9.17) is 10.2 Å². The van der Waals surface area contributed by atoms with Gasteiger partial charge in [-0.2, -0.15) is 0 Å². The molecule has 0 spiro atoms. The summed E-state index contributed by atoms with van der Waals surface area (Å²) in [5.74, 6) is -0.0620. The molecule has 0 radical (unpaired) electrons. The van der Waals surface area contributed by atoms with Gasteiger partial charge in [-0.3, -0.25) is 9.79 Å². The SMILES string of the molecule is CC(C)O.CC(C)O.CC1=NC=CC(=O)[C@H]1c1ccccc1C. The summed E-state index contributed by atoms with van der Waals surface area (Å²) < 4.78 is 0. The summed E-state index contributed by atoms with van der Waals surface area (Å²) in [6.07, 6.45) is 2.79. The van der Waals surface area contributed by atoms with E-state index in [0.29, 0.717) is 0 Å². The molecule has 1 atom stereocenters. The lowest BCUT2D eigenvalue weighted by atomic mass is 9.87.